The van der Waals surface area contributed by atoms with Gasteiger partial charge in [-0.25, -0.2) is 0 Å². The Balaban J connectivity index is 1.84. The van der Waals surface area contributed by atoms with E-state index >= 15 is 0 Å². The van der Waals surface area contributed by atoms with Gasteiger partial charge in [-0.1, -0.05) is 57.6 Å². The van der Waals surface area contributed by atoms with E-state index in [1.165, 1.54) is 38.5 Å². The van der Waals surface area contributed by atoms with E-state index in [0.29, 0.717) is 0 Å². The second kappa shape index (κ2) is 8.18. The van der Waals surface area contributed by atoms with Crippen molar-refractivity contribution in [2.75, 3.05) is 6.54 Å². The number of fused-ring (bicyclic) bond motifs is 1. The van der Waals surface area contributed by atoms with Crippen molar-refractivity contribution >= 4 is 5.91 Å². The Kier molecular flexibility index (Phi) is 6.24. The Morgan fingerprint density at radius 1 is 1.19 bits per heavy atom. The minimum absolute atomic E-state index is 0.0462. The van der Waals surface area contributed by atoms with Crippen LogP contribution in [0.2, 0.25) is 0 Å². The Hall–Kier alpha value is -1.35. The zero-order valence-corrected chi connectivity index (χ0v) is 13.2. The van der Waals surface area contributed by atoms with Crippen molar-refractivity contribution in [1.82, 2.24) is 5.32 Å². The lowest BCUT2D eigenvalue weighted by atomic mass is 9.93. The lowest BCUT2D eigenvalue weighted by Crippen LogP contribution is -2.32. The highest BCUT2D eigenvalue weighted by atomic mass is 16.1. The molecule has 0 radical (unpaired) electrons. The van der Waals surface area contributed by atoms with E-state index in [0.717, 1.165) is 36.1 Å². The fourth-order valence-electron chi connectivity index (χ4n) is 2.97. The van der Waals surface area contributed by atoms with Crippen LogP contribution in [0.5, 0.6) is 0 Å². The number of nitrogens with one attached hydrogen (secondary N) is 1. The van der Waals surface area contributed by atoms with Crippen molar-refractivity contribution in [2.45, 2.75) is 64.3 Å². The molecular formula is C18H28N2O. The molecule has 0 aliphatic carbocycles. The van der Waals surface area contributed by atoms with Crippen molar-refractivity contribution in [1.29, 1.82) is 0 Å². The first-order valence-electron chi connectivity index (χ1n) is 8.39. The van der Waals surface area contributed by atoms with E-state index in [9.17, 15) is 4.79 Å². The van der Waals surface area contributed by atoms with Crippen molar-refractivity contribution in [3.05, 3.63) is 34.9 Å². The number of amides is 1. The van der Waals surface area contributed by atoms with Gasteiger partial charge in [0.2, 0.25) is 0 Å². The molecule has 1 aliphatic heterocycles. The molecule has 1 atom stereocenters. The molecule has 1 unspecified atom stereocenters. The second-order valence-electron chi connectivity index (χ2n) is 6.09. The molecule has 3 heteroatoms. The summed E-state index contributed by atoms with van der Waals surface area (Å²) in [5.74, 6) is 0.0462. The third-order valence-corrected chi connectivity index (χ3v) is 4.36. The molecule has 0 bridgehead atoms. The van der Waals surface area contributed by atoms with Gasteiger partial charge in [0.1, 0.15) is 0 Å². The fourth-order valence-corrected chi connectivity index (χ4v) is 2.97. The van der Waals surface area contributed by atoms with Gasteiger partial charge < -0.3 is 11.1 Å². The number of benzene rings is 1. The summed E-state index contributed by atoms with van der Waals surface area (Å²) < 4.78 is 0. The molecule has 0 fully saturated rings. The smallest absolute Gasteiger partial charge is 0.251 e. The quantitative estimate of drug-likeness (QED) is 0.716. The third kappa shape index (κ3) is 4.57. The predicted molar refractivity (Wildman–Crippen MR) is 87.4 cm³/mol. The Bertz CT molecular complexity index is 470. The molecule has 1 aromatic rings. The van der Waals surface area contributed by atoms with Gasteiger partial charge in [-0.3, -0.25) is 4.79 Å². The molecule has 3 N–H and O–H groups in total. The molecular weight excluding hydrogens is 260 g/mol. The standard InChI is InChI=1S/C18H28N2O/c1-2-3-4-5-6-7-8-17(19)15-10-9-14-11-12-20-18(21)16(14)13-15/h9-10,13,17H,2-8,11-12,19H2,1H3,(H,20,21). The molecule has 1 aromatic carbocycles. The number of hydrogen-bond donors (Lipinski definition) is 2. The second-order valence-corrected chi connectivity index (χ2v) is 6.09. The first-order chi connectivity index (χ1) is 10.2. The van der Waals surface area contributed by atoms with E-state index < -0.39 is 0 Å². The highest BCUT2D eigenvalue weighted by Crippen LogP contribution is 2.22. The van der Waals surface area contributed by atoms with E-state index in [1.54, 1.807) is 0 Å². The largest absolute Gasteiger partial charge is 0.352 e. The van der Waals surface area contributed by atoms with Crippen molar-refractivity contribution < 1.29 is 4.79 Å². The highest BCUT2D eigenvalue weighted by molar-refractivity contribution is 5.96. The average molecular weight is 288 g/mol. The molecule has 2 rings (SSSR count). The summed E-state index contributed by atoms with van der Waals surface area (Å²) in [5, 5.41) is 2.90. The maximum Gasteiger partial charge on any atom is 0.251 e. The normalized spacial score (nSPS) is 15.4. The average Bonchev–Trinajstić information content (AvgIpc) is 2.50. The zero-order chi connectivity index (χ0) is 15.1. The molecule has 0 aromatic heterocycles. The van der Waals surface area contributed by atoms with E-state index in [4.69, 9.17) is 5.73 Å². The summed E-state index contributed by atoms with van der Waals surface area (Å²) in [6.45, 7) is 2.98. The number of hydrogen-bond acceptors (Lipinski definition) is 2. The molecule has 1 aliphatic rings. The molecule has 0 saturated carbocycles. The van der Waals surface area contributed by atoms with Gasteiger partial charge >= 0.3 is 0 Å². The van der Waals surface area contributed by atoms with Crippen LogP contribution >= 0.6 is 0 Å². The van der Waals surface area contributed by atoms with Gasteiger partial charge in [-0.05, 0) is 30.0 Å². The minimum atomic E-state index is 0.0462. The molecule has 3 nitrogen and oxygen atoms in total. The van der Waals surface area contributed by atoms with Crippen LogP contribution in [-0.4, -0.2) is 12.5 Å². The zero-order valence-electron chi connectivity index (χ0n) is 13.2. The van der Waals surface area contributed by atoms with Gasteiger partial charge in [-0.2, -0.15) is 0 Å². The minimum Gasteiger partial charge on any atom is -0.352 e. The Morgan fingerprint density at radius 2 is 1.95 bits per heavy atom. The topological polar surface area (TPSA) is 55.1 Å². The van der Waals surface area contributed by atoms with Crippen LogP contribution in [0.25, 0.3) is 0 Å². The van der Waals surface area contributed by atoms with Crippen LogP contribution < -0.4 is 11.1 Å². The molecule has 0 spiro atoms. The van der Waals surface area contributed by atoms with Gasteiger partial charge in [0.15, 0.2) is 0 Å². The summed E-state index contributed by atoms with van der Waals surface area (Å²) in [7, 11) is 0. The SMILES string of the molecule is CCCCCCCCC(N)c1ccc2c(c1)C(=O)NCC2. The maximum absolute atomic E-state index is 11.9. The van der Waals surface area contributed by atoms with Gasteiger partial charge in [-0.15, -0.1) is 0 Å². The van der Waals surface area contributed by atoms with Gasteiger partial charge in [0.05, 0.1) is 0 Å². The summed E-state index contributed by atoms with van der Waals surface area (Å²) in [6.07, 6.45) is 9.65. The van der Waals surface area contributed by atoms with Crippen molar-refractivity contribution in [3.8, 4) is 0 Å². The number of unbranched alkanes of at least 4 members (excludes halogenated alkanes) is 5. The van der Waals surface area contributed by atoms with Crippen molar-refractivity contribution in [3.63, 3.8) is 0 Å². The maximum atomic E-state index is 11.9. The molecule has 116 valence electrons. The molecule has 0 saturated heterocycles. The number of nitrogens with two attached hydrogens (primary N) is 1. The first-order valence-corrected chi connectivity index (χ1v) is 8.39. The third-order valence-electron chi connectivity index (χ3n) is 4.36. The monoisotopic (exact) mass is 288 g/mol. The molecule has 1 heterocycles. The van der Waals surface area contributed by atoms with E-state index in [-0.39, 0.29) is 11.9 Å². The lowest BCUT2D eigenvalue weighted by molar-refractivity contribution is 0.0946. The van der Waals surface area contributed by atoms with Crippen LogP contribution in [0.3, 0.4) is 0 Å². The Labute approximate surface area is 128 Å². The fraction of sp³-hybridized carbons (Fsp3) is 0.611. The summed E-state index contributed by atoms with van der Waals surface area (Å²) >= 11 is 0. The van der Waals surface area contributed by atoms with E-state index in [2.05, 4.69) is 24.4 Å². The van der Waals surface area contributed by atoms with Crippen LogP contribution in [0.15, 0.2) is 18.2 Å². The van der Waals surface area contributed by atoms with Crippen LogP contribution in [-0.2, 0) is 6.42 Å². The van der Waals surface area contributed by atoms with Crippen LogP contribution in [0.4, 0.5) is 0 Å². The van der Waals surface area contributed by atoms with Gasteiger partial charge in [0, 0.05) is 18.2 Å². The van der Waals surface area contributed by atoms with Crippen LogP contribution in [0.1, 0.15) is 79.4 Å². The highest BCUT2D eigenvalue weighted by Gasteiger charge is 2.18. The van der Waals surface area contributed by atoms with Crippen molar-refractivity contribution in [2.24, 2.45) is 5.73 Å². The first kappa shape index (κ1) is 16.0. The van der Waals surface area contributed by atoms with Crippen LogP contribution in [0, 0.1) is 0 Å². The molecule has 1 amide bonds. The number of rotatable bonds is 8. The Morgan fingerprint density at radius 3 is 2.76 bits per heavy atom. The van der Waals surface area contributed by atoms with E-state index in [1.807, 2.05) is 6.07 Å². The number of carbonyl (C=O) groups excluding carboxylic acids is 1. The summed E-state index contributed by atoms with van der Waals surface area (Å²) in [6, 6.07) is 6.21. The van der Waals surface area contributed by atoms with Gasteiger partial charge in [0.25, 0.3) is 5.91 Å². The lowest BCUT2D eigenvalue weighted by Gasteiger charge is -2.19. The summed E-state index contributed by atoms with van der Waals surface area (Å²) in [5.41, 5.74) is 9.34. The summed E-state index contributed by atoms with van der Waals surface area (Å²) in [4.78, 5) is 11.9. The molecule has 21 heavy (non-hydrogen) atoms. The predicted octanol–water partition coefficient (Wildman–Crippen LogP) is 3.72. The number of carbonyl (C=O) groups is 1.